The summed E-state index contributed by atoms with van der Waals surface area (Å²) in [5, 5.41) is 16.0. The number of aliphatic imine (C=N–C) groups is 1. The Morgan fingerprint density at radius 2 is 1.82 bits per heavy atom. The highest BCUT2D eigenvalue weighted by Gasteiger charge is 2.53. The number of benzene rings is 4. The number of ether oxygens (including phenoxy) is 2. The van der Waals surface area contributed by atoms with Crippen LogP contribution in [-0.4, -0.2) is 48.0 Å². The average molecular weight is 680 g/mol. The summed E-state index contributed by atoms with van der Waals surface area (Å²) in [5.74, 6) is 1.69. The van der Waals surface area contributed by atoms with Gasteiger partial charge in [-0.25, -0.2) is 9.38 Å². The van der Waals surface area contributed by atoms with Crippen LogP contribution in [0, 0.1) is 5.82 Å². The Labute approximate surface area is 289 Å². The van der Waals surface area contributed by atoms with Crippen LogP contribution in [0.4, 0.5) is 4.39 Å². The van der Waals surface area contributed by atoms with E-state index in [0.717, 1.165) is 16.7 Å². The van der Waals surface area contributed by atoms with Crippen molar-refractivity contribution in [3.05, 3.63) is 153 Å². The largest absolute Gasteiger partial charge is 0.494 e. The summed E-state index contributed by atoms with van der Waals surface area (Å²) in [7, 11) is 0. The highest BCUT2D eigenvalue weighted by molar-refractivity contribution is 7.98. The second-order valence-electron chi connectivity index (χ2n) is 11.3. The van der Waals surface area contributed by atoms with Crippen molar-refractivity contribution in [3.8, 4) is 5.75 Å². The number of carbonyl (C=O) groups excluding carboxylic acids is 1. The van der Waals surface area contributed by atoms with Crippen molar-refractivity contribution in [1.29, 1.82) is 0 Å². The first kappa shape index (κ1) is 35.2. The van der Waals surface area contributed by atoms with E-state index in [1.807, 2.05) is 78.9 Å². The molecule has 4 aromatic carbocycles. The van der Waals surface area contributed by atoms with Gasteiger partial charge in [0.2, 0.25) is 5.90 Å². The Bertz CT molecular complexity index is 1780. The van der Waals surface area contributed by atoms with E-state index in [4.69, 9.17) is 25.1 Å². The monoisotopic (exact) mass is 679 g/mol. The van der Waals surface area contributed by atoms with Gasteiger partial charge in [0.25, 0.3) is 5.91 Å². The summed E-state index contributed by atoms with van der Waals surface area (Å²) in [6.07, 6.45) is 3.81. The molecule has 0 fully saturated rings. The molecule has 1 heterocycles. The number of halogens is 1. The third kappa shape index (κ3) is 9.51. The highest BCUT2D eigenvalue weighted by atomic mass is 32.2. The SMILES string of the molecule is [N-]=[N+]=NCc1ccccc1[C@H]1OC(c2ccc(OCCCO)cc2)=N[C@@]1(C/C=C/c1ccccc1)C(=O)NCCSCc1ccc(F)cc1. The van der Waals surface area contributed by atoms with Crippen LogP contribution < -0.4 is 10.1 Å². The third-order valence-corrected chi connectivity index (χ3v) is 8.95. The molecule has 0 radical (unpaired) electrons. The molecule has 0 saturated carbocycles. The van der Waals surface area contributed by atoms with E-state index < -0.39 is 11.6 Å². The van der Waals surface area contributed by atoms with Gasteiger partial charge in [0, 0.05) is 48.0 Å². The van der Waals surface area contributed by atoms with E-state index in [9.17, 15) is 9.18 Å². The first-order valence-corrected chi connectivity index (χ1v) is 17.2. The lowest BCUT2D eigenvalue weighted by Gasteiger charge is -2.31. The van der Waals surface area contributed by atoms with Gasteiger partial charge in [0.05, 0.1) is 13.2 Å². The molecule has 1 amide bonds. The van der Waals surface area contributed by atoms with Crippen molar-refractivity contribution >= 4 is 29.6 Å². The Hall–Kier alpha value is -5.09. The van der Waals surface area contributed by atoms with Crippen LogP contribution in [0.1, 0.15) is 46.8 Å². The van der Waals surface area contributed by atoms with Gasteiger partial charge in [-0.05, 0) is 64.2 Å². The second-order valence-corrected chi connectivity index (χ2v) is 12.4. The minimum Gasteiger partial charge on any atom is -0.494 e. The van der Waals surface area contributed by atoms with Gasteiger partial charge in [-0.3, -0.25) is 4.79 Å². The first-order valence-electron chi connectivity index (χ1n) is 16.0. The molecule has 0 bridgehead atoms. The fraction of sp³-hybridized carbons (Fsp3) is 0.263. The van der Waals surface area contributed by atoms with Crippen LogP contribution >= 0.6 is 11.8 Å². The van der Waals surface area contributed by atoms with Crippen molar-refractivity contribution in [2.75, 3.05) is 25.5 Å². The molecule has 2 atom stereocenters. The molecule has 1 aliphatic heterocycles. The number of hydrogen-bond acceptors (Lipinski definition) is 7. The lowest BCUT2D eigenvalue weighted by atomic mass is 9.82. The number of aliphatic hydroxyl groups is 1. The number of aliphatic hydroxyl groups excluding tert-OH is 1. The second kappa shape index (κ2) is 17.9. The van der Waals surface area contributed by atoms with Gasteiger partial charge in [-0.1, -0.05) is 84.0 Å². The van der Waals surface area contributed by atoms with Crippen LogP contribution in [-0.2, 0) is 21.8 Å². The van der Waals surface area contributed by atoms with Crippen LogP contribution in [0.25, 0.3) is 16.5 Å². The van der Waals surface area contributed by atoms with E-state index in [2.05, 4.69) is 15.3 Å². The molecule has 49 heavy (non-hydrogen) atoms. The molecule has 0 spiro atoms. The van der Waals surface area contributed by atoms with Crippen molar-refractivity contribution in [2.45, 2.75) is 36.8 Å². The van der Waals surface area contributed by atoms with Gasteiger partial charge < -0.3 is 19.9 Å². The Balaban J connectivity index is 1.47. The summed E-state index contributed by atoms with van der Waals surface area (Å²) in [4.78, 5) is 22.5. The number of nitrogens with zero attached hydrogens (tertiary/aromatic N) is 4. The Kier molecular flexibility index (Phi) is 12.9. The number of carbonyl (C=O) groups is 1. The number of hydrogen-bond donors (Lipinski definition) is 2. The summed E-state index contributed by atoms with van der Waals surface area (Å²) in [5.41, 5.74) is 11.8. The number of thioether (sulfide) groups is 1. The molecule has 5 rings (SSSR count). The standard InChI is InChI=1S/C38H38FN5O4S/c39-32-17-13-29(14-18-32)27-49-25-22-41-37(46)38(21-6-10-28-8-2-1-3-9-28)35(34-12-5-4-11-31(34)26-42-44-40)48-36(43-38)30-15-19-33(20-16-30)47-24-7-23-45/h1-6,8-20,35,45H,7,21-27H2,(H,41,46)/b10-6+/t35-,38-/m1/s1. The smallest absolute Gasteiger partial charge is 0.252 e. The molecule has 0 aliphatic carbocycles. The van der Waals surface area contributed by atoms with Crippen molar-refractivity contribution in [1.82, 2.24) is 5.32 Å². The van der Waals surface area contributed by atoms with Crippen LogP contribution in [0.15, 0.2) is 119 Å². The predicted molar refractivity (Wildman–Crippen MR) is 192 cm³/mol. The fourth-order valence-electron chi connectivity index (χ4n) is 5.43. The number of nitrogens with one attached hydrogen (secondary N) is 1. The van der Waals surface area contributed by atoms with Gasteiger partial charge in [-0.2, -0.15) is 11.8 Å². The molecule has 9 nitrogen and oxygen atoms in total. The minimum atomic E-state index is -1.40. The molecule has 0 saturated heterocycles. The number of azide groups is 1. The zero-order valence-electron chi connectivity index (χ0n) is 27.0. The van der Waals surface area contributed by atoms with E-state index in [1.165, 1.54) is 12.1 Å². The lowest BCUT2D eigenvalue weighted by Crippen LogP contribution is -2.48. The van der Waals surface area contributed by atoms with Gasteiger partial charge in [0.1, 0.15) is 11.6 Å². The molecule has 2 N–H and O–H groups in total. The Morgan fingerprint density at radius 3 is 2.57 bits per heavy atom. The van der Waals surface area contributed by atoms with Gasteiger partial charge in [-0.15, -0.1) is 0 Å². The van der Waals surface area contributed by atoms with Crippen LogP contribution in [0.3, 0.4) is 0 Å². The van der Waals surface area contributed by atoms with Crippen LogP contribution in [0.2, 0.25) is 0 Å². The molecule has 252 valence electrons. The van der Waals surface area contributed by atoms with Crippen molar-refractivity contribution in [2.24, 2.45) is 10.1 Å². The predicted octanol–water partition coefficient (Wildman–Crippen LogP) is 7.81. The van der Waals surface area contributed by atoms with E-state index in [0.29, 0.717) is 53.9 Å². The lowest BCUT2D eigenvalue weighted by molar-refractivity contribution is -0.128. The molecule has 0 aromatic heterocycles. The maximum Gasteiger partial charge on any atom is 0.252 e. The zero-order valence-corrected chi connectivity index (χ0v) is 27.8. The molecule has 0 unspecified atom stereocenters. The zero-order chi connectivity index (χ0) is 34.3. The van der Waals surface area contributed by atoms with Gasteiger partial charge in [0.15, 0.2) is 11.6 Å². The van der Waals surface area contributed by atoms with E-state index >= 15 is 0 Å². The maximum absolute atomic E-state index is 14.5. The number of rotatable bonds is 17. The quantitative estimate of drug-likeness (QED) is 0.0509. The number of amides is 1. The normalized spacial score (nSPS) is 16.9. The fourth-order valence-corrected chi connectivity index (χ4v) is 6.25. The van der Waals surface area contributed by atoms with Crippen molar-refractivity contribution in [3.63, 3.8) is 0 Å². The maximum atomic E-state index is 14.5. The summed E-state index contributed by atoms with van der Waals surface area (Å²) >= 11 is 1.63. The minimum absolute atomic E-state index is 0.0427. The molecule has 11 heteroatoms. The summed E-state index contributed by atoms with van der Waals surface area (Å²) < 4.78 is 25.7. The Morgan fingerprint density at radius 1 is 1.06 bits per heavy atom. The highest BCUT2D eigenvalue weighted by Crippen LogP contribution is 2.44. The molecule has 4 aromatic rings. The molecule has 1 aliphatic rings. The topological polar surface area (TPSA) is 129 Å². The third-order valence-electron chi connectivity index (χ3n) is 7.92. The summed E-state index contributed by atoms with van der Waals surface area (Å²) in [6, 6.07) is 30.9. The van der Waals surface area contributed by atoms with E-state index in [-0.39, 0.29) is 31.3 Å². The first-order chi connectivity index (χ1) is 24.0. The molecular weight excluding hydrogens is 642 g/mol. The van der Waals surface area contributed by atoms with Crippen LogP contribution in [0.5, 0.6) is 5.75 Å². The van der Waals surface area contributed by atoms with Gasteiger partial charge >= 0.3 is 0 Å². The summed E-state index contributed by atoms with van der Waals surface area (Å²) in [6.45, 7) is 0.892. The van der Waals surface area contributed by atoms with E-state index in [1.54, 1.807) is 36.0 Å². The molecular formula is C38H38FN5O4S. The van der Waals surface area contributed by atoms with Crippen molar-refractivity contribution < 1.29 is 23.8 Å². The average Bonchev–Trinajstić information content (AvgIpc) is 3.52.